The number of hydrogen-bond donors (Lipinski definition) is 0. The highest BCUT2D eigenvalue weighted by atomic mass is 15.0. The third kappa shape index (κ3) is 6.57. The lowest BCUT2D eigenvalue weighted by Gasteiger charge is -2.17. The molecule has 0 radical (unpaired) electrons. The van der Waals surface area contributed by atoms with E-state index in [0.717, 1.165) is 12.5 Å². The van der Waals surface area contributed by atoms with Crippen molar-refractivity contribution in [3.05, 3.63) is 150 Å². The van der Waals surface area contributed by atoms with Crippen molar-refractivity contribution in [1.82, 2.24) is 0 Å². The van der Waals surface area contributed by atoms with Gasteiger partial charge in [-0.05, 0) is 76.8 Å². The fourth-order valence-electron chi connectivity index (χ4n) is 5.04. The van der Waals surface area contributed by atoms with Gasteiger partial charge in [-0.25, -0.2) is 0 Å². The van der Waals surface area contributed by atoms with Gasteiger partial charge in [-0.3, -0.25) is 4.58 Å². The summed E-state index contributed by atoms with van der Waals surface area (Å²) in [5.74, 6) is 0. The van der Waals surface area contributed by atoms with Gasteiger partial charge in [0.2, 0.25) is 0 Å². The Morgan fingerprint density at radius 3 is 1.86 bits per heavy atom. The van der Waals surface area contributed by atoms with Crippen molar-refractivity contribution in [2.24, 2.45) is 0 Å². The summed E-state index contributed by atoms with van der Waals surface area (Å²) in [6.45, 7) is 4.13. The van der Waals surface area contributed by atoms with E-state index in [2.05, 4.69) is 122 Å². The zero-order valence-corrected chi connectivity index (χ0v) is 21.5. The van der Waals surface area contributed by atoms with E-state index in [1.807, 2.05) is 16.9 Å². The Labute approximate surface area is 222 Å². The Kier molecular flexibility index (Phi) is 8.13. The van der Waals surface area contributed by atoms with Crippen molar-refractivity contribution < 1.29 is 4.58 Å². The van der Waals surface area contributed by atoms with Crippen LogP contribution >= 0.6 is 0 Å². The van der Waals surface area contributed by atoms with Crippen LogP contribution in [-0.2, 0) is 12.8 Å². The Bertz CT molecular complexity index is 1390. The van der Waals surface area contributed by atoms with E-state index in [1.54, 1.807) is 0 Å². The van der Waals surface area contributed by atoms with Crippen LogP contribution in [0, 0.1) is 6.04 Å². The number of allylic oxidation sites excluding steroid dienone is 2. The monoisotopic (exact) mass is 481 g/mol. The van der Waals surface area contributed by atoms with Crippen molar-refractivity contribution in [2.75, 3.05) is 0 Å². The molecule has 0 saturated carbocycles. The largest absolute Gasteiger partial charge is 0.255 e. The molecule has 1 aliphatic rings. The van der Waals surface area contributed by atoms with E-state index >= 15 is 0 Å². The molecule has 0 bridgehead atoms. The van der Waals surface area contributed by atoms with Crippen molar-refractivity contribution in [3.63, 3.8) is 0 Å². The minimum Gasteiger partial charge on any atom is -0.255 e. The molecule has 0 unspecified atom stereocenters. The molecule has 4 aromatic carbocycles. The smallest absolute Gasteiger partial charge is 0.146 e. The van der Waals surface area contributed by atoms with Crippen LogP contribution in [0.25, 0.3) is 22.3 Å². The highest BCUT2D eigenvalue weighted by Gasteiger charge is 2.14. The third-order valence-corrected chi connectivity index (χ3v) is 7.08. The van der Waals surface area contributed by atoms with Crippen LogP contribution in [0.4, 0.5) is 0 Å². The summed E-state index contributed by atoms with van der Waals surface area (Å²) in [6, 6.07) is 38.6. The van der Waals surface area contributed by atoms with Crippen LogP contribution in [0.2, 0.25) is 0 Å². The zero-order valence-electron chi connectivity index (χ0n) is 21.5. The van der Waals surface area contributed by atoms with E-state index < -0.39 is 0 Å². The predicted octanol–water partition coefficient (Wildman–Crippen LogP) is 9.04. The topological polar surface area (TPSA) is 3.01 Å². The molecule has 0 atom stereocenters. The van der Waals surface area contributed by atoms with Crippen LogP contribution in [-0.4, -0.2) is 11.3 Å². The van der Waals surface area contributed by atoms with Crippen molar-refractivity contribution in [3.8, 4) is 22.3 Å². The van der Waals surface area contributed by atoms with Gasteiger partial charge in [-0.2, -0.15) is 0 Å². The van der Waals surface area contributed by atoms with Gasteiger partial charge in [0.25, 0.3) is 0 Å². The maximum Gasteiger partial charge on any atom is 0.146 e. The number of unbranched alkanes of at least 4 members (excludes halogenated alkanes) is 3. The first-order valence-electron chi connectivity index (χ1n) is 13.4. The SMILES string of the molecule is C=[N+]1C=CC=C[C-]1c1cccc(-c2cccc(-c3cccc(CCCCCCc4ccccc4)c3)c2)c1. The van der Waals surface area contributed by atoms with Gasteiger partial charge in [-0.15, -0.1) is 12.1 Å². The second-order valence-corrected chi connectivity index (χ2v) is 9.82. The molecule has 1 heterocycles. The fraction of sp³-hybridized carbons (Fsp3) is 0.167. The van der Waals surface area contributed by atoms with Crippen LogP contribution in [0.1, 0.15) is 42.4 Å². The fourth-order valence-corrected chi connectivity index (χ4v) is 5.04. The molecule has 0 aliphatic carbocycles. The Morgan fingerprint density at radius 2 is 1.14 bits per heavy atom. The molecule has 37 heavy (non-hydrogen) atoms. The van der Waals surface area contributed by atoms with Gasteiger partial charge in [0.15, 0.2) is 0 Å². The Balaban J connectivity index is 1.21. The average Bonchev–Trinajstić information content (AvgIpc) is 2.96. The van der Waals surface area contributed by atoms with Crippen LogP contribution < -0.4 is 0 Å². The average molecular weight is 482 g/mol. The summed E-state index contributed by atoms with van der Waals surface area (Å²) < 4.78 is 1.92. The van der Waals surface area contributed by atoms with E-state index in [4.69, 9.17) is 0 Å². The first-order chi connectivity index (χ1) is 18.3. The maximum absolute atomic E-state index is 4.13. The number of rotatable bonds is 10. The van der Waals surface area contributed by atoms with Gasteiger partial charge in [-0.1, -0.05) is 110 Å². The highest BCUT2D eigenvalue weighted by Crippen LogP contribution is 2.30. The van der Waals surface area contributed by atoms with Crippen LogP contribution in [0.3, 0.4) is 0 Å². The summed E-state index contributed by atoms with van der Waals surface area (Å²) in [6.07, 6.45) is 15.6. The lowest BCUT2D eigenvalue weighted by molar-refractivity contribution is -0.417. The first-order valence-corrected chi connectivity index (χ1v) is 13.4. The number of aryl methyl sites for hydroxylation is 2. The van der Waals surface area contributed by atoms with E-state index in [9.17, 15) is 0 Å². The second kappa shape index (κ2) is 12.2. The standard InChI is InChI=1S/C36H35N/c1-37-25-10-9-24-36(37)35-23-13-22-34(28-35)33-21-12-20-32(27-33)31-19-11-18-30(26-31)17-6-3-2-5-14-29-15-7-4-8-16-29/h4,7-13,15-16,18-28H,1-3,5-6,14,17H2. The molecule has 184 valence electrons. The molecule has 1 aliphatic heterocycles. The summed E-state index contributed by atoms with van der Waals surface area (Å²) in [7, 11) is 0. The summed E-state index contributed by atoms with van der Waals surface area (Å²) in [4.78, 5) is 0. The van der Waals surface area contributed by atoms with Crippen molar-refractivity contribution in [1.29, 1.82) is 0 Å². The molecule has 0 saturated heterocycles. The lowest BCUT2D eigenvalue weighted by atomic mass is 9.95. The maximum atomic E-state index is 4.13. The molecule has 0 aromatic heterocycles. The third-order valence-electron chi connectivity index (χ3n) is 7.08. The van der Waals surface area contributed by atoms with E-state index in [1.165, 1.54) is 71.0 Å². The van der Waals surface area contributed by atoms with Crippen molar-refractivity contribution >= 4 is 6.72 Å². The Hall–Kier alpha value is -4.10. The molecule has 1 heteroatoms. The van der Waals surface area contributed by atoms with Gasteiger partial charge in [0, 0.05) is 0 Å². The number of nitrogens with zero attached hydrogens (tertiary/aromatic N) is 1. The van der Waals surface area contributed by atoms with E-state index in [-0.39, 0.29) is 0 Å². The summed E-state index contributed by atoms with van der Waals surface area (Å²) in [5.41, 5.74) is 9.05. The molecule has 0 amide bonds. The quantitative estimate of drug-likeness (QED) is 0.121. The minimum absolute atomic E-state index is 1.10. The molecule has 0 fully saturated rings. The molecule has 0 spiro atoms. The summed E-state index contributed by atoms with van der Waals surface area (Å²) in [5, 5.41) is 0. The molecular weight excluding hydrogens is 446 g/mol. The van der Waals surface area contributed by atoms with Crippen LogP contribution in [0.5, 0.6) is 0 Å². The first kappa shape index (κ1) is 24.6. The van der Waals surface area contributed by atoms with Gasteiger partial charge < -0.3 is 0 Å². The zero-order chi connectivity index (χ0) is 25.3. The number of hydrogen-bond acceptors (Lipinski definition) is 0. The van der Waals surface area contributed by atoms with Gasteiger partial charge >= 0.3 is 0 Å². The van der Waals surface area contributed by atoms with Crippen molar-refractivity contribution in [2.45, 2.75) is 38.5 Å². The molecule has 0 N–H and O–H groups in total. The summed E-state index contributed by atoms with van der Waals surface area (Å²) >= 11 is 0. The minimum atomic E-state index is 1.10. The molecule has 1 nitrogen and oxygen atoms in total. The second-order valence-electron chi connectivity index (χ2n) is 9.82. The molecule has 5 rings (SSSR count). The van der Waals surface area contributed by atoms with Gasteiger partial charge in [0.05, 0.1) is 6.72 Å². The normalized spacial score (nSPS) is 12.8. The number of benzene rings is 4. The van der Waals surface area contributed by atoms with Crippen LogP contribution in [0.15, 0.2) is 128 Å². The Morgan fingerprint density at radius 1 is 0.541 bits per heavy atom. The molecule has 4 aromatic rings. The predicted molar refractivity (Wildman–Crippen MR) is 158 cm³/mol. The lowest BCUT2D eigenvalue weighted by Crippen LogP contribution is -2.12. The van der Waals surface area contributed by atoms with Gasteiger partial charge in [0.1, 0.15) is 12.2 Å². The molecular formula is C36H35N. The highest BCUT2D eigenvalue weighted by molar-refractivity contribution is 5.74. The van der Waals surface area contributed by atoms with E-state index in [0.29, 0.717) is 0 Å².